The lowest BCUT2D eigenvalue weighted by atomic mass is 9.99. The molecule has 1 saturated heterocycles. The summed E-state index contributed by atoms with van der Waals surface area (Å²) < 4.78 is 0. The van der Waals surface area contributed by atoms with Crippen molar-refractivity contribution in [3.8, 4) is 0 Å². The predicted molar refractivity (Wildman–Crippen MR) is 114 cm³/mol. The Balaban J connectivity index is 2.19. The second-order valence-corrected chi connectivity index (χ2v) is 8.17. The highest BCUT2D eigenvalue weighted by molar-refractivity contribution is 5.81. The van der Waals surface area contributed by atoms with Gasteiger partial charge in [0.1, 0.15) is 0 Å². The first-order valence-corrected chi connectivity index (χ1v) is 10.7. The van der Waals surface area contributed by atoms with Gasteiger partial charge in [-0.1, -0.05) is 57.0 Å². The third-order valence-corrected chi connectivity index (χ3v) is 5.57. The summed E-state index contributed by atoms with van der Waals surface area (Å²) >= 11 is 0. The Morgan fingerprint density at radius 2 is 1.79 bits per heavy atom. The van der Waals surface area contributed by atoms with Gasteiger partial charge in [0, 0.05) is 19.6 Å². The molecule has 2 N–H and O–H groups in total. The smallest absolute Gasteiger partial charge is 0.336 e. The zero-order valence-electron chi connectivity index (χ0n) is 18.2. The molecule has 162 valence electrons. The summed E-state index contributed by atoms with van der Waals surface area (Å²) in [5.41, 5.74) is 0.425. The predicted octanol–water partition coefficient (Wildman–Crippen LogP) is 4.07. The summed E-state index contributed by atoms with van der Waals surface area (Å²) in [5, 5.41) is 14.2. The molecule has 1 heterocycles. The lowest BCUT2D eigenvalue weighted by Crippen LogP contribution is -2.59. The van der Waals surface area contributed by atoms with Crippen molar-refractivity contribution in [1.29, 1.82) is 0 Å². The normalized spacial score (nSPS) is 18.2. The molecule has 1 unspecified atom stereocenters. The molecule has 0 radical (unpaired) electrons. The standard InChI is InChI=1S/C22H36N4O3/c1-5-7-15-23-20(27)26(29)19-22(3,4)25(21(28)24(19)16-8-6-2)17-14-18-12-10-9-11-13-18/h9-13,19,29H,5-8,14-17H2,1-4H3,(H,23,27). The summed E-state index contributed by atoms with van der Waals surface area (Å²) in [6.45, 7) is 9.45. The quantitative estimate of drug-likeness (QED) is 0.351. The zero-order chi connectivity index (χ0) is 21.4. The second-order valence-electron chi connectivity index (χ2n) is 8.17. The molecule has 29 heavy (non-hydrogen) atoms. The molecule has 0 bridgehead atoms. The van der Waals surface area contributed by atoms with Crippen molar-refractivity contribution < 1.29 is 14.8 Å². The summed E-state index contributed by atoms with van der Waals surface area (Å²) in [4.78, 5) is 29.2. The van der Waals surface area contributed by atoms with Crippen LogP contribution in [0.3, 0.4) is 0 Å². The number of carbonyl (C=O) groups is 2. The molecule has 1 aromatic rings. The van der Waals surface area contributed by atoms with Gasteiger partial charge in [-0.2, -0.15) is 5.06 Å². The Kier molecular flexibility index (Phi) is 8.32. The summed E-state index contributed by atoms with van der Waals surface area (Å²) in [7, 11) is 0. The SMILES string of the molecule is CCCCNC(=O)N(O)C1N(CCCC)C(=O)N(CCc2ccccc2)C1(C)C. The van der Waals surface area contributed by atoms with Gasteiger partial charge in [-0.15, -0.1) is 0 Å². The number of benzene rings is 1. The molecular formula is C22H36N4O3. The number of hydrogen-bond acceptors (Lipinski definition) is 3. The van der Waals surface area contributed by atoms with Crippen LogP contribution in [0.5, 0.6) is 0 Å². The molecule has 7 nitrogen and oxygen atoms in total. The first-order valence-electron chi connectivity index (χ1n) is 10.7. The molecule has 0 aromatic heterocycles. The Labute approximate surface area is 174 Å². The van der Waals surface area contributed by atoms with Crippen LogP contribution in [0.25, 0.3) is 0 Å². The molecule has 1 aromatic carbocycles. The van der Waals surface area contributed by atoms with Crippen molar-refractivity contribution in [3.63, 3.8) is 0 Å². The fourth-order valence-electron chi connectivity index (χ4n) is 3.84. The molecule has 4 amide bonds. The molecule has 0 aliphatic carbocycles. The third kappa shape index (κ3) is 5.41. The molecule has 1 atom stereocenters. The maximum Gasteiger partial charge on any atom is 0.343 e. The van der Waals surface area contributed by atoms with Crippen LogP contribution >= 0.6 is 0 Å². The molecule has 1 aliphatic rings. The van der Waals surface area contributed by atoms with Crippen molar-refractivity contribution >= 4 is 12.1 Å². The summed E-state index contributed by atoms with van der Waals surface area (Å²) in [6.07, 6.45) is 3.52. The van der Waals surface area contributed by atoms with Crippen molar-refractivity contribution in [2.45, 2.75) is 71.5 Å². The van der Waals surface area contributed by atoms with Crippen LogP contribution in [0.15, 0.2) is 30.3 Å². The number of hydrogen-bond donors (Lipinski definition) is 2. The van der Waals surface area contributed by atoms with E-state index in [-0.39, 0.29) is 6.03 Å². The second kappa shape index (κ2) is 10.5. The molecule has 1 aliphatic heterocycles. The Morgan fingerprint density at radius 3 is 2.41 bits per heavy atom. The van der Waals surface area contributed by atoms with E-state index in [9.17, 15) is 14.8 Å². The van der Waals surface area contributed by atoms with Crippen LogP contribution in [0.2, 0.25) is 0 Å². The number of unbranched alkanes of at least 4 members (excludes halogenated alkanes) is 2. The largest absolute Gasteiger partial charge is 0.343 e. The van der Waals surface area contributed by atoms with Crippen LogP contribution in [-0.4, -0.2) is 63.5 Å². The Bertz CT molecular complexity index is 665. The first-order chi connectivity index (χ1) is 13.8. The van der Waals surface area contributed by atoms with Gasteiger partial charge in [0.25, 0.3) is 0 Å². The van der Waals surface area contributed by atoms with E-state index in [1.54, 1.807) is 9.80 Å². The highest BCUT2D eigenvalue weighted by atomic mass is 16.5. The maximum atomic E-state index is 13.2. The van der Waals surface area contributed by atoms with Crippen LogP contribution in [0.1, 0.15) is 58.9 Å². The monoisotopic (exact) mass is 404 g/mol. The van der Waals surface area contributed by atoms with Gasteiger partial charge in [-0.05, 0) is 38.7 Å². The molecule has 1 fully saturated rings. The molecule has 7 heteroatoms. The molecule has 0 spiro atoms. The van der Waals surface area contributed by atoms with E-state index in [2.05, 4.69) is 12.2 Å². The van der Waals surface area contributed by atoms with Crippen LogP contribution < -0.4 is 5.32 Å². The van der Waals surface area contributed by atoms with Crippen molar-refractivity contribution in [2.24, 2.45) is 0 Å². The number of carbonyl (C=O) groups excluding carboxylic acids is 2. The van der Waals surface area contributed by atoms with Crippen LogP contribution in [-0.2, 0) is 6.42 Å². The Morgan fingerprint density at radius 1 is 1.14 bits per heavy atom. The number of hydroxylamine groups is 2. The average Bonchev–Trinajstić information content (AvgIpc) is 2.89. The van der Waals surface area contributed by atoms with Gasteiger partial charge >= 0.3 is 12.1 Å². The average molecular weight is 405 g/mol. The minimum atomic E-state index is -0.737. The van der Waals surface area contributed by atoms with Gasteiger partial charge < -0.3 is 10.2 Å². The molecular weight excluding hydrogens is 368 g/mol. The number of nitrogens with zero attached hydrogens (tertiary/aromatic N) is 3. The van der Waals surface area contributed by atoms with Crippen LogP contribution in [0.4, 0.5) is 9.59 Å². The summed E-state index contributed by atoms with van der Waals surface area (Å²) in [6, 6.07) is 9.33. The molecule has 2 rings (SSSR count). The number of rotatable bonds is 10. The van der Waals surface area contributed by atoms with E-state index in [0.717, 1.165) is 37.7 Å². The zero-order valence-corrected chi connectivity index (χ0v) is 18.2. The van der Waals surface area contributed by atoms with Gasteiger partial charge in [-0.25, -0.2) is 9.59 Å². The first kappa shape index (κ1) is 23.0. The lowest BCUT2D eigenvalue weighted by molar-refractivity contribution is -0.133. The fourth-order valence-corrected chi connectivity index (χ4v) is 3.84. The third-order valence-electron chi connectivity index (χ3n) is 5.57. The van der Waals surface area contributed by atoms with Gasteiger partial charge in [0.2, 0.25) is 0 Å². The number of amides is 4. The topological polar surface area (TPSA) is 76.1 Å². The fraction of sp³-hybridized carbons (Fsp3) is 0.636. The minimum absolute atomic E-state index is 0.134. The van der Waals surface area contributed by atoms with E-state index in [1.165, 1.54) is 0 Å². The van der Waals surface area contributed by atoms with E-state index >= 15 is 0 Å². The van der Waals surface area contributed by atoms with Gasteiger partial charge in [-0.3, -0.25) is 10.1 Å². The van der Waals surface area contributed by atoms with E-state index in [4.69, 9.17) is 0 Å². The maximum absolute atomic E-state index is 13.2. The lowest BCUT2D eigenvalue weighted by Gasteiger charge is -2.38. The van der Waals surface area contributed by atoms with E-state index in [0.29, 0.717) is 24.7 Å². The minimum Gasteiger partial charge on any atom is -0.336 e. The molecule has 0 saturated carbocycles. The number of urea groups is 2. The van der Waals surface area contributed by atoms with Crippen molar-refractivity contribution in [2.75, 3.05) is 19.6 Å². The number of nitrogens with one attached hydrogen (secondary N) is 1. The van der Waals surface area contributed by atoms with E-state index < -0.39 is 17.7 Å². The van der Waals surface area contributed by atoms with Crippen molar-refractivity contribution in [3.05, 3.63) is 35.9 Å². The van der Waals surface area contributed by atoms with Crippen molar-refractivity contribution in [1.82, 2.24) is 20.2 Å². The van der Waals surface area contributed by atoms with Gasteiger partial charge in [0.05, 0.1) is 5.54 Å². The van der Waals surface area contributed by atoms with Gasteiger partial charge in [0.15, 0.2) is 6.17 Å². The highest BCUT2D eigenvalue weighted by Crippen LogP contribution is 2.34. The highest BCUT2D eigenvalue weighted by Gasteiger charge is 2.54. The Hall–Kier alpha value is -2.28. The van der Waals surface area contributed by atoms with Crippen LogP contribution in [0, 0.1) is 0 Å². The van der Waals surface area contributed by atoms with E-state index in [1.807, 2.05) is 51.1 Å². The summed E-state index contributed by atoms with van der Waals surface area (Å²) in [5.74, 6) is 0.